The Morgan fingerprint density at radius 3 is 2.56 bits per heavy atom. The Bertz CT molecular complexity index is 1050. The lowest BCUT2D eigenvalue weighted by atomic mass is 9.72. The van der Waals surface area contributed by atoms with Gasteiger partial charge in [-0.2, -0.15) is 0 Å². The summed E-state index contributed by atoms with van der Waals surface area (Å²) < 4.78 is 5.27. The van der Waals surface area contributed by atoms with Crippen molar-refractivity contribution in [2.24, 2.45) is 11.3 Å². The van der Waals surface area contributed by atoms with E-state index in [1.165, 1.54) is 29.5 Å². The Kier molecular flexibility index (Phi) is 7.13. The molecule has 1 amide bonds. The fourth-order valence-electron chi connectivity index (χ4n) is 3.87. The van der Waals surface area contributed by atoms with E-state index in [4.69, 9.17) is 4.74 Å². The molecular formula is C24H28N2O5S. The molecule has 1 atom stereocenters. The van der Waals surface area contributed by atoms with Crippen molar-refractivity contribution >= 4 is 40.0 Å². The Labute approximate surface area is 191 Å². The van der Waals surface area contributed by atoms with Crippen molar-refractivity contribution in [1.29, 1.82) is 0 Å². The smallest absolute Gasteiger partial charge is 0.341 e. The van der Waals surface area contributed by atoms with E-state index in [0.717, 1.165) is 29.7 Å². The van der Waals surface area contributed by atoms with Crippen LogP contribution in [0.1, 0.15) is 60.5 Å². The van der Waals surface area contributed by atoms with E-state index < -0.39 is 10.9 Å². The van der Waals surface area contributed by atoms with Crippen LogP contribution in [0.15, 0.2) is 30.3 Å². The molecule has 32 heavy (non-hydrogen) atoms. The van der Waals surface area contributed by atoms with Crippen LogP contribution in [-0.2, 0) is 22.4 Å². The molecular weight excluding hydrogens is 428 g/mol. The summed E-state index contributed by atoms with van der Waals surface area (Å²) in [5.74, 6) is -0.275. The number of ether oxygens (including phenoxy) is 1. The van der Waals surface area contributed by atoms with Gasteiger partial charge in [0, 0.05) is 23.1 Å². The van der Waals surface area contributed by atoms with Gasteiger partial charge in [-0.25, -0.2) is 4.79 Å². The second-order valence-corrected chi connectivity index (χ2v) is 10.0. The van der Waals surface area contributed by atoms with Gasteiger partial charge in [0.25, 0.3) is 5.69 Å². The monoisotopic (exact) mass is 456 g/mol. The lowest BCUT2D eigenvalue weighted by molar-refractivity contribution is -0.384. The largest absolute Gasteiger partial charge is 0.462 e. The first-order valence-corrected chi connectivity index (χ1v) is 11.5. The van der Waals surface area contributed by atoms with Gasteiger partial charge in [-0.05, 0) is 66.9 Å². The molecule has 0 fully saturated rings. The SMILES string of the molecule is CCOC(=O)c1c(NC(=O)/C=C\c2ccc([N+](=O)[O-])cc2)sc2c1CC[C@@H](C(C)(C)C)C2. The topological polar surface area (TPSA) is 98.5 Å². The second-order valence-electron chi connectivity index (χ2n) is 8.91. The van der Waals surface area contributed by atoms with Crippen LogP contribution < -0.4 is 5.32 Å². The molecule has 0 bridgehead atoms. The normalized spacial score (nSPS) is 15.9. The van der Waals surface area contributed by atoms with Gasteiger partial charge in [0.05, 0.1) is 17.1 Å². The lowest BCUT2D eigenvalue weighted by Crippen LogP contribution is -2.26. The number of non-ortho nitro benzene ring substituents is 1. The first kappa shape index (κ1) is 23.7. The van der Waals surface area contributed by atoms with Crippen LogP contribution in [0.3, 0.4) is 0 Å². The maximum atomic E-state index is 12.7. The van der Waals surface area contributed by atoms with Gasteiger partial charge >= 0.3 is 5.97 Å². The zero-order valence-corrected chi connectivity index (χ0v) is 19.6. The van der Waals surface area contributed by atoms with Crippen molar-refractivity contribution in [3.63, 3.8) is 0 Å². The Morgan fingerprint density at radius 1 is 1.28 bits per heavy atom. The molecule has 0 unspecified atom stereocenters. The van der Waals surface area contributed by atoms with Gasteiger partial charge in [0.1, 0.15) is 5.00 Å². The number of nitrogens with one attached hydrogen (secondary N) is 1. The molecule has 0 aliphatic heterocycles. The van der Waals surface area contributed by atoms with Crippen molar-refractivity contribution in [3.05, 3.63) is 62.0 Å². The highest BCUT2D eigenvalue weighted by Crippen LogP contribution is 2.44. The van der Waals surface area contributed by atoms with Crippen molar-refractivity contribution in [2.45, 2.75) is 47.0 Å². The third-order valence-corrected chi connectivity index (χ3v) is 6.91. The fourth-order valence-corrected chi connectivity index (χ4v) is 5.18. The summed E-state index contributed by atoms with van der Waals surface area (Å²) in [5, 5.41) is 14.1. The van der Waals surface area contributed by atoms with Crippen LogP contribution in [0.2, 0.25) is 0 Å². The van der Waals surface area contributed by atoms with E-state index in [1.54, 1.807) is 25.1 Å². The quantitative estimate of drug-likeness (QED) is 0.263. The molecule has 1 aliphatic rings. The number of benzene rings is 1. The molecule has 0 spiro atoms. The summed E-state index contributed by atoms with van der Waals surface area (Å²) in [6.07, 6.45) is 5.59. The van der Waals surface area contributed by atoms with Gasteiger partial charge in [0.15, 0.2) is 0 Å². The number of thiophene rings is 1. The molecule has 1 aromatic carbocycles. The van der Waals surface area contributed by atoms with Gasteiger partial charge in [0.2, 0.25) is 5.91 Å². The van der Waals surface area contributed by atoms with Crippen LogP contribution >= 0.6 is 11.3 Å². The van der Waals surface area contributed by atoms with Crippen LogP contribution in [0, 0.1) is 21.4 Å². The number of carbonyl (C=O) groups excluding carboxylic acids is 2. The number of nitro benzene ring substituents is 1. The number of fused-ring (bicyclic) bond motifs is 1. The third kappa shape index (κ3) is 5.43. The van der Waals surface area contributed by atoms with Crippen LogP contribution in [0.4, 0.5) is 10.7 Å². The predicted octanol–water partition coefficient (Wildman–Crippen LogP) is 5.64. The standard InChI is InChI=1S/C24H28N2O5S/c1-5-31-23(28)21-18-12-9-16(24(2,3)4)14-19(18)32-22(21)25-20(27)13-8-15-6-10-17(11-7-15)26(29)30/h6-8,10-11,13,16H,5,9,12,14H2,1-4H3,(H,25,27)/b13-8-/t16-/m1/s1. The summed E-state index contributed by atoms with van der Waals surface area (Å²) in [5.41, 5.74) is 2.28. The molecule has 0 radical (unpaired) electrons. The van der Waals surface area contributed by atoms with E-state index in [1.807, 2.05) is 0 Å². The summed E-state index contributed by atoms with van der Waals surface area (Å²) in [6, 6.07) is 5.91. The van der Waals surface area contributed by atoms with Crippen molar-refractivity contribution in [1.82, 2.24) is 0 Å². The first-order valence-electron chi connectivity index (χ1n) is 10.6. The highest BCUT2D eigenvalue weighted by Gasteiger charge is 2.34. The number of nitrogens with zero attached hydrogens (tertiary/aromatic N) is 1. The number of amides is 1. The number of esters is 1. The molecule has 8 heteroatoms. The van der Waals surface area contributed by atoms with Crippen LogP contribution in [0.25, 0.3) is 6.08 Å². The fraction of sp³-hybridized carbons (Fsp3) is 0.417. The van der Waals surface area contributed by atoms with Crippen molar-refractivity contribution < 1.29 is 19.2 Å². The lowest BCUT2D eigenvalue weighted by Gasteiger charge is -2.33. The Balaban J connectivity index is 1.81. The van der Waals surface area contributed by atoms with E-state index in [9.17, 15) is 19.7 Å². The number of hydrogen-bond acceptors (Lipinski definition) is 6. The average Bonchev–Trinajstić information content (AvgIpc) is 3.09. The molecule has 2 aromatic rings. The van der Waals surface area contributed by atoms with Crippen LogP contribution in [0.5, 0.6) is 0 Å². The maximum absolute atomic E-state index is 12.7. The summed E-state index contributed by atoms with van der Waals surface area (Å²) in [4.78, 5) is 36.7. The third-order valence-electron chi connectivity index (χ3n) is 5.74. The van der Waals surface area contributed by atoms with E-state index in [0.29, 0.717) is 22.0 Å². The minimum absolute atomic E-state index is 0.0107. The molecule has 7 nitrogen and oxygen atoms in total. The maximum Gasteiger partial charge on any atom is 0.341 e. The summed E-state index contributed by atoms with van der Waals surface area (Å²) >= 11 is 1.45. The zero-order chi connectivity index (χ0) is 23.5. The number of nitro groups is 1. The average molecular weight is 457 g/mol. The predicted molar refractivity (Wildman–Crippen MR) is 126 cm³/mol. The molecule has 0 saturated carbocycles. The minimum atomic E-state index is -0.472. The Hall–Kier alpha value is -3.00. The van der Waals surface area contributed by atoms with Crippen molar-refractivity contribution in [2.75, 3.05) is 11.9 Å². The second kappa shape index (κ2) is 9.65. The summed E-state index contributed by atoms with van der Waals surface area (Å²) in [6.45, 7) is 8.72. The van der Waals surface area contributed by atoms with Gasteiger partial charge in [-0.3, -0.25) is 14.9 Å². The van der Waals surface area contributed by atoms with Gasteiger partial charge < -0.3 is 10.1 Å². The summed E-state index contributed by atoms with van der Waals surface area (Å²) in [7, 11) is 0. The molecule has 1 heterocycles. The van der Waals surface area contributed by atoms with Gasteiger partial charge in [-0.15, -0.1) is 11.3 Å². The van der Waals surface area contributed by atoms with Crippen LogP contribution in [-0.4, -0.2) is 23.4 Å². The van der Waals surface area contributed by atoms with Crippen molar-refractivity contribution in [3.8, 4) is 0 Å². The zero-order valence-electron chi connectivity index (χ0n) is 18.8. The number of anilines is 1. The van der Waals surface area contributed by atoms with E-state index in [2.05, 4.69) is 26.1 Å². The molecule has 1 aromatic heterocycles. The van der Waals surface area contributed by atoms with E-state index in [-0.39, 0.29) is 23.6 Å². The number of rotatable bonds is 6. The van der Waals surface area contributed by atoms with E-state index >= 15 is 0 Å². The number of carbonyl (C=O) groups is 2. The molecule has 1 aliphatic carbocycles. The molecule has 170 valence electrons. The molecule has 0 saturated heterocycles. The highest BCUT2D eigenvalue weighted by atomic mass is 32.1. The minimum Gasteiger partial charge on any atom is -0.462 e. The highest BCUT2D eigenvalue weighted by molar-refractivity contribution is 7.17. The first-order chi connectivity index (χ1) is 15.1. The Morgan fingerprint density at radius 2 is 1.97 bits per heavy atom. The molecule has 3 rings (SSSR count). The van der Waals surface area contributed by atoms with Gasteiger partial charge in [-0.1, -0.05) is 20.8 Å². The number of hydrogen-bond donors (Lipinski definition) is 1. The molecule has 1 N–H and O–H groups in total.